The van der Waals surface area contributed by atoms with E-state index in [4.69, 9.17) is 14.6 Å². The number of ether oxygens (including phenoxy) is 2. The molecule has 0 bridgehead atoms. The van der Waals surface area contributed by atoms with E-state index in [2.05, 4.69) is 0 Å². The number of carbonyl (C=O) groups is 2. The highest BCUT2D eigenvalue weighted by atomic mass is 32.2. The van der Waals surface area contributed by atoms with Crippen LogP contribution in [0.5, 0.6) is 11.5 Å². The number of nitrogens with zero attached hydrogens (tertiary/aromatic N) is 1. The minimum Gasteiger partial charge on any atom is -0.486 e. The summed E-state index contributed by atoms with van der Waals surface area (Å²) in [5.41, 5.74) is 0.853. The molecule has 1 fully saturated rings. The summed E-state index contributed by atoms with van der Waals surface area (Å²) in [6.45, 7) is 1.65. The van der Waals surface area contributed by atoms with Gasteiger partial charge < -0.3 is 19.5 Å². The summed E-state index contributed by atoms with van der Waals surface area (Å²) in [5.74, 6) is 1.99. The Morgan fingerprint density at radius 3 is 2.83 bits per heavy atom. The predicted molar refractivity (Wildman–Crippen MR) is 86.2 cm³/mol. The van der Waals surface area contributed by atoms with Gasteiger partial charge >= 0.3 is 5.97 Å². The number of rotatable bonds is 4. The Labute approximate surface area is 138 Å². The van der Waals surface area contributed by atoms with Gasteiger partial charge in [0.2, 0.25) is 5.91 Å². The summed E-state index contributed by atoms with van der Waals surface area (Å²) in [7, 11) is 0. The standard InChI is InChI=1S/C16H19NO5S/c18-15(17-3-6-23-10-12(17)9-16(19)20)8-11-1-2-13-14(7-11)22-5-4-21-13/h1-2,7,12H,3-6,8-10H2,(H,19,20). The molecule has 6 nitrogen and oxygen atoms in total. The number of aliphatic carboxylic acids is 1. The van der Waals surface area contributed by atoms with Crippen LogP contribution in [-0.4, -0.2) is 59.2 Å². The number of hydrogen-bond donors (Lipinski definition) is 1. The summed E-state index contributed by atoms with van der Waals surface area (Å²) in [5, 5.41) is 9.01. The third-order valence-electron chi connectivity index (χ3n) is 3.92. The molecule has 7 heteroatoms. The zero-order valence-electron chi connectivity index (χ0n) is 12.7. The first-order valence-corrected chi connectivity index (χ1v) is 8.76. The topological polar surface area (TPSA) is 76.1 Å². The van der Waals surface area contributed by atoms with Crippen molar-refractivity contribution in [3.8, 4) is 11.5 Å². The van der Waals surface area contributed by atoms with Crippen LogP contribution in [-0.2, 0) is 16.0 Å². The zero-order valence-corrected chi connectivity index (χ0v) is 13.5. The van der Waals surface area contributed by atoms with Crippen LogP contribution in [0.3, 0.4) is 0 Å². The molecular weight excluding hydrogens is 318 g/mol. The minimum atomic E-state index is -0.866. The molecule has 2 aliphatic rings. The van der Waals surface area contributed by atoms with Gasteiger partial charge in [0.15, 0.2) is 11.5 Å². The molecule has 0 radical (unpaired) electrons. The van der Waals surface area contributed by atoms with E-state index in [-0.39, 0.29) is 24.8 Å². The van der Waals surface area contributed by atoms with Crippen LogP contribution in [0.2, 0.25) is 0 Å². The highest BCUT2D eigenvalue weighted by molar-refractivity contribution is 7.99. The Bertz CT molecular complexity index is 606. The molecule has 0 saturated carbocycles. The van der Waals surface area contributed by atoms with Crippen molar-refractivity contribution in [1.82, 2.24) is 4.90 Å². The Balaban J connectivity index is 1.68. The van der Waals surface area contributed by atoms with Crippen LogP contribution < -0.4 is 9.47 Å². The van der Waals surface area contributed by atoms with Gasteiger partial charge in [-0.05, 0) is 17.7 Å². The molecule has 1 amide bonds. The molecule has 2 aliphatic heterocycles. The van der Waals surface area contributed by atoms with E-state index >= 15 is 0 Å². The zero-order chi connectivity index (χ0) is 16.2. The molecule has 0 spiro atoms. The SMILES string of the molecule is O=C(O)CC1CSCCN1C(=O)Cc1ccc2c(c1)OCCO2. The van der Waals surface area contributed by atoms with Crippen molar-refractivity contribution in [2.45, 2.75) is 18.9 Å². The van der Waals surface area contributed by atoms with Gasteiger partial charge in [0, 0.05) is 18.1 Å². The maximum Gasteiger partial charge on any atom is 0.305 e. The highest BCUT2D eigenvalue weighted by Gasteiger charge is 2.28. The number of fused-ring (bicyclic) bond motifs is 1. The van der Waals surface area contributed by atoms with Crippen LogP contribution in [0.15, 0.2) is 18.2 Å². The minimum absolute atomic E-state index is 0.000120. The van der Waals surface area contributed by atoms with Crippen molar-refractivity contribution in [3.05, 3.63) is 23.8 Å². The molecule has 23 heavy (non-hydrogen) atoms. The lowest BCUT2D eigenvalue weighted by molar-refractivity contribution is -0.140. The Morgan fingerprint density at radius 2 is 2.04 bits per heavy atom. The number of hydrogen-bond acceptors (Lipinski definition) is 5. The number of benzene rings is 1. The van der Waals surface area contributed by atoms with Crippen molar-refractivity contribution in [2.75, 3.05) is 31.3 Å². The Kier molecular flexibility index (Phi) is 4.95. The van der Waals surface area contributed by atoms with Crippen LogP contribution in [0.1, 0.15) is 12.0 Å². The third-order valence-corrected chi connectivity index (χ3v) is 5.01. The second-order valence-corrected chi connectivity index (χ2v) is 6.72. The second-order valence-electron chi connectivity index (χ2n) is 5.57. The fourth-order valence-electron chi connectivity index (χ4n) is 2.83. The molecule has 1 N–H and O–H groups in total. The quantitative estimate of drug-likeness (QED) is 0.895. The van der Waals surface area contributed by atoms with Crippen LogP contribution in [0.25, 0.3) is 0 Å². The van der Waals surface area contributed by atoms with Crippen molar-refractivity contribution in [2.24, 2.45) is 0 Å². The fraction of sp³-hybridized carbons (Fsp3) is 0.500. The molecule has 0 aliphatic carbocycles. The van der Waals surface area contributed by atoms with Crippen LogP contribution >= 0.6 is 11.8 Å². The van der Waals surface area contributed by atoms with Gasteiger partial charge in [0.05, 0.1) is 18.9 Å². The molecule has 1 aromatic rings. The van der Waals surface area contributed by atoms with Gasteiger partial charge in [-0.1, -0.05) is 6.07 Å². The Morgan fingerprint density at radius 1 is 1.26 bits per heavy atom. The van der Waals surface area contributed by atoms with E-state index in [0.717, 1.165) is 11.3 Å². The monoisotopic (exact) mass is 337 g/mol. The Hall–Kier alpha value is -1.89. The predicted octanol–water partition coefficient (Wildman–Crippen LogP) is 1.42. The van der Waals surface area contributed by atoms with Crippen molar-refractivity contribution in [3.63, 3.8) is 0 Å². The van der Waals surface area contributed by atoms with Crippen LogP contribution in [0, 0.1) is 0 Å². The first-order chi connectivity index (χ1) is 11.1. The number of amides is 1. The second kappa shape index (κ2) is 7.12. The summed E-state index contributed by atoms with van der Waals surface area (Å²) in [6.07, 6.45) is 0.247. The molecule has 3 rings (SSSR count). The van der Waals surface area contributed by atoms with Gasteiger partial charge in [-0.15, -0.1) is 0 Å². The smallest absolute Gasteiger partial charge is 0.305 e. The first kappa shape index (κ1) is 16.0. The van der Waals surface area contributed by atoms with Gasteiger partial charge in [-0.25, -0.2) is 0 Å². The van der Waals surface area contributed by atoms with E-state index in [9.17, 15) is 9.59 Å². The normalized spacial score (nSPS) is 20.2. The number of carboxylic acids is 1. The van der Waals surface area contributed by atoms with E-state index < -0.39 is 5.97 Å². The lowest BCUT2D eigenvalue weighted by Gasteiger charge is -2.34. The van der Waals surface area contributed by atoms with Crippen molar-refractivity contribution >= 4 is 23.6 Å². The lowest BCUT2D eigenvalue weighted by atomic mass is 10.1. The number of carboxylic acid groups (broad SMARTS) is 1. The fourth-order valence-corrected chi connectivity index (χ4v) is 3.89. The third kappa shape index (κ3) is 3.90. The average molecular weight is 337 g/mol. The maximum atomic E-state index is 12.6. The number of thioether (sulfide) groups is 1. The van der Waals surface area contributed by atoms with E-state index in [0.29, 0.717) is 37.0 Å². The molecule has 2 heterocycles. The molecular formula is C16H19NO5S. The number of carbonyl (C=O) groups excluding carboxylic acids is 1. The largest absolute Gasteiger partial charge is 0.486 e. The molecule has 124 valence electrons. The molecule has 0 aromatic heterocycles. The van der Waals surface area contributed by atoms with Crippen molar-refractivity contribution < 1.29 is 24.2 Å². The van der Waals surface area contributed by atoms with Gasteiger partial charge in [0.1, 0.15) is 13.2 Å². The molecule has 1 atom stereocenters. The van der Waals surface area contributed by atoms with Gasteiger partial charge in [0.25, 0.3) is 0 Å². The van der Waals surface area contributed by atoms with Crippen LogP contribution in [0.4, 0.5) is 0 Å². The molecule has 1 aromatic carbocycles. The highest BCUT2D eigenvalue weighted by Crippen LogP contribution is 2.31. The first-order valence-electron chi connectivity index (χ1n) is 7.61. The van der Waals surface area contributed by atoms with Crippen molar-refractivity contribution in [1.29, 1.82) is 0 Å². The maximum absolute atomic E-state index is 12.6. The summed E-state index contributed by atoms with van der Waals surface area (Å²) in [6, 6.07) is 5.28. The van der Waals surface area contributed by atoms with E-state index in [1.165, 1.54) is 0 Å². The average Bonchev–Trinajstić information content (AvgIpc) is 2.54. The molecule has 1 unspecified atom stereocenters. The molecule has 1 saturated heterocycles. The summed E-state index contributed by atoms with van der Waals surface area (Å²) in [4.78, 5) is 25.3. The van der Waals surface area contributed by atoms with Gasteiger partial charge in [-0.2, -0.15) is 11.8 Å². The van der Waals surface area contributed by atoms with E-state index in [1.807, 2.05) is 18.2 Å². The van der Waals surface area contributed by atoms with Gasteiger partial charge in [-0.3, -0.25) is 9.59 Å². The summed E-state index contributed by atoms with van der Waals surface area (Å²) >= 11 is 1.70. The summed E-state index contributed by atoms with van der Waals surface area (Å²) < 4.78 is 11.0. The van der Waals surface area contributed by atoms with E-state index in [1.54, 1.807) is 16.7 Å². The lowest BCUT2D eigenvalue weighted by Crippen LogP contribution is -2.47.